The topological polar surface area (TPSA) is 54.9 Å². The highest BCUT2D eigenvalue weighted by molar-refractivity contribution is 14.0. The Bertz CT molecular complexity index is 693. The summed E-state index contributed by atoms with van der Waals surface area (Å²) in [5, 5.41) is 8.88. The van der Waals surface area contributed by atoms with E-state index in [4.69, 9.17) is 9.47 Å². The van der Waals surface area contributed by atoms with Crippen LogP contribution in [0.15, 0.2) is 40.7 Å². The summed E-state index contributed by atoms with van der Waals surface area (Å²) < 4.78 is 10.9. The fourth-order valence-corrected chi connectivity index (χ4v) is 3.29. The van der Waals surface area contributed by atoms with Gasteiger partial charge in [0.25, 0.3) is 0 Å². The number of methoxy groups -OCH3 is 1. The Morgan fingerprint density at radius 2 is 2.04 bits per heavy atom. The van der Waals surface area contributed by atoms with E-state index in [0.29, 0.717) is 25.7 Å². The number of hydrogen-bond acceptors (Lipinski definition) is 4. The molecular formula is C20H30IN3O2S. The van der Waals surface area contributed by atoms with Crippen LogP contribution in [-0.4, -0.2) is 39.9 Å². The van der Waals surface area contributed by atoms with Crippen LogP contribution in [0.4, 0.5) is 0 Å². The molecule has 0 saturated carbocycles. The highest BCUT2D eigenvalue weighted by Crippen LogP contribution is 2.21. The monoisotopic (exact) mass is 503 g/mol. The highest BCUT2D eigenvalue weighted by Gasteiger charge is 2.09. The lowest BCUT2D eigenvalue weighted by molar-refractivity contribution is 0.145. The predicted octanol–water partition coefficient (Wildman–Crippen LogP) is 4.17. The van der Waals surface area contributed by atoms with Gasteiger partial charge < -0.3 is 20.1 Å². The Morgan fingerprint density at radius 1 is 1.22 bits per heavy atom. The Morgan fingerprint density at radius 3 is 2.70 bits per heavy atom. The number of nitrogens with one attached hydrogen (secondary N) is 2. The smallest absolute Gasteiger partial charge is 0.191 e. The molecule has 7 heteroatoms. The largest absolute Gasteiger partial charge is 0.491 e. The maximum Gasteiger partial charge on any atom is 0.191 e. The number of hydrogen-bond donors (Lipinski definition) is 2. The van der Waals surface area contributed by atoms with Crippen molar-refractivity contribution in [1.29, 1.82) is 0 Å². The second-order valence-electron chi connectivity index (χ2n) is 6.18. The summed E-state index contributed by atoms with van der Waals surface area (Å²) in [7, 11) is 3.46. The third-order valence-corrected chi connectivity index (χ3v) is 5.15. The normalized spacial score (nSPS) is 12.2. The van der Waals surface area contributed by atoms with Gasteiger partial charge in [-0.25, -0.2) is 0 Å². The van der Waals surface area contributed by atoms with Crippen molar-refractivity contribution in [1.82, 2.24) is 10.6 Å². The van der Waals surface area contributed by atoms with Crippen LogP contribution < -0.4 is 15.4 Å². The number of halogens is 1. The number of rotatable bonds is 9. The molecule has 0 bridgehead atoms. The van der Waals surface area contributed by atoms with Gasteiger partial charge in [-0.15, -0.1) is 35.3 Å². The van der Waals surface area contributed by atoms with Crippen molar-refractivity contribution < 1.29 is 9.47 Å². The molecule has 150 valence electrons. The van der Waals surface area contributed by atoms with Gasteiger partial charge in [-0.3, -0.25) is 4.99 Å². The van der Waals surface area contributed by atoms with Crippen molar-refractivity contribution in [3.63, 3.8) is 0 Å². The van der Waals surface area contributed by atoms with E-state index in [1.807, 2.05) is 0 Å². The molecule has 0 amide bonds. The van der Waals surface area contributed by atoms with Crippen molar-refractivity contribution in [2.75, 3.05) is 33.9 Å². The van der Waals surface area contributed by atoms with Crippen LogP contribution in [-0.2, 0) is 11.3 Å². The Kier molecular flexibility index (Phi) is 11.4. The summed E-state index contributed by atoms with van der Waals surface area (Å²) in [5.74, 6) is 2.12. The van der Waals surface area contributed by atoms with E-state index in [2.05, 4.69) is 65.2 Å². The number of aliphatic imine (C=N–C) groups is 1. The quantitative estimate of drug-likeness (QED) is 0.234. The lowest BCUT2D eigenvalue weighted by atomic mass is 10.1. The van der Waals surface area contributed by atoms with Crippen molar-refractivity contribution in [2.45, 2.75) is 26.3 Å². The van der Waals surface area contributed by atoms with Gasteiger partial charge in [-0.05, 0) is 30.0 Å². The zero-order valence-electron chi connectivity index (χ0n) is 16.5. The molecule has 0 aliphatic heterocycles. The van der Waals surface area contributed by atoms with E-state index in [-0.39, 0.29) is 24.0 Å². The van der Waals surface area contributed by atoms with Crippen LogP contribution in [0.3, 0.4) is 0 Å². The molecule has 1 aromatic heterocycles. The lowest BCUT2D eigenvalue weighted by Gasteiger charge is -2.17. The molecule has 1 aromatic carbocycles. The second-order valence-corrected chi connectivity index (χ2v) is 7.15. The van der Waals surface area contributed by atoms with E-state index in [0.717, 1.165) is 23.8 Å². The molecular weight excluding hydrogens is 473 g/mol. The lowest BCUT2D eigenvalue weighted by Crippen LogP contribution is -2.38. The summed E-state index contributed by atoms with van der Waals surface area (Å²) in [4.78, 5) is 5.69. The van der Waals surface area contributed by atoms with Crippen molar-refractivity contribution in [3.05, 3.63) is 51.7 Å². The molecule has 2 aromatic rings. The van der Waals surface area contributed by atoms with E-state index in [1.54, 1.807) is 25.5 Å². The molecule has 0 spiro atoms. The SMILES string of the molecule is CN=C(NCc1ccc(C)cc1OCCOC)NCC(C)c1cccs1.I. The highest BCUT2D eigenvalue weighted by atomic mass is 127. The average molecular weight is 503 g/mol. The molecule has 0 radical (unpaired) electrons. The first-order valence-electron chi connectivity index (χ1n) is 8.83. The summed E-state index contributed by atoms with van der Waals surface area (Å²) >= 11 is 1.79. The number of thiophene rings is 1. The molecule has 0 aliphatic carbocycles. The minimum atomic E-state index is 0. The van der Waals surface area contributed by atoms with Gasteiger partial charge in [-0.2, -0.15) is 0 Å². The number of benzene rings is 1. The van der Waals surface area contributed by atoms with Crippen molar-refractivity contribution in [2.24, 2.45) is 4.99 Å². The first-order chi connectivity index (χ1) is 12.6. The summed E-state index contributed by atoms with van der Waals surface area (Å²) in [6.45, 7) is 6.88. The summed E-state index contributed by atoms with van der Waals surface area (Å²) in [6, 6.07) is 10.5. The standard InChI is InChI=1S/C20H29N3O2S.HI/c1-15-7-8-17(18(12-15)25-10-9-24-4)14-23-20(21-3)22-13-16(2)19-6-5-11-26-19;/h5-8,11-12,16H,9-10,13-14H2,1-4H3,(H2,21,22,23);1H. The predicted molar refractivity (Wildman–Crippen MR) is 125 cm³/mol. The van der Waals surface area contributed by atoms with Gasteiger partial charge in [0.1, 0.15) is 12.4 Å². The van der Waals surface area contributed by atoms with Crippen LogP contribution in [0, 0.1) is 6.92 Å². The number of nitrogens with zero attached hydrogens (tertiary/aromatic N) is 1. The van der Waals surface area contributed by atoms with E-state index >= 15 is 0 Å². The van der Waals surface area contributed by atoms with Gasteiger partial charge in [0.05, 0.1) is 6.61 Å². The van der Waals surface area contributed by atoms with Crippen LogP contribution in [0.5, 0.6) is 5.75 Å². The summed E-state index contributed by atoms with van der Waals surface area (Å²) in [6.07, 6.45) is 0. The third-order valence-electron chi connectivity index (χ3n) is 4.04. The third kappa shape index (κ3) is 8.06. The van der Waals surface area contributed by atoms with E-state index in [1.165, 1.54) is 10.4 Å². The van der Waals surface area contributed by atoms with Gasteiger partial charge in [0.2, 0.25) is 0 Å². The van der Waals surface area contributed by atoms with Crippen LogP contribution in [0.1, 0.15) is 28.8 Å². The van der Waals surface area contributed by atoms with E-state index < -0.39 is 0 Å². The van der Waals surface area contributed by atoms with Gasteiger partial charge in [0.15, 0.2) is 5.96 Å². The maximum absolute atomic E-state index is 5.85. The Labute approximate surface area is 183 Å². The number of ether oxygens (including phenoxy) is 2. The van der Waals surface area contributed by atoms with Gasteiger partial charge in [0, 0.05) is 43.6 Å². The Hall–Kier alpha value is -1.32. The molecule has 0 aliphatic rings. The molecule has 1 atom stereocenters. The summed E-state index contributed by atoms with van der Waals surface area (Å²) in [5.41, 5.74) is 2.27. The van der Waals surface area contributed by atoms with Crippen molar-refractivity contribution >= 4 is 41.3 Å². The zero-order chi connectivity index (χ0) is 18.8. The molecule has 1 heterocycles. The maximum atomic E-state index is 5.85. The van der Waals surface area contributed by atoms with Gasteiger partial charge in [-0.1, -0.05) is 25.1 Å². The molecule has 2 rings (SSSR count). The van der Waals surface area contributed by atoms with Crippen LogP contribution >= 0.6 is 35.3 Å². The molecule has 0 fully saturated rings. The molecule has 27 heavy (non-hydrogen) atoms. The molecule has 1 unspecified atom stereocenters. The minimum Gasteiger partial charge on any atom is -0.491 e. The number of guanidine groups is 1. The van der Waals surface area contributed by atoms with Crippen LogP contribution in [0.2, 0.25) is 0 Å². The average Bonchev–Trinajstić information content (AvgIpc) is 3.18. The zero-order valence-corrected chi connectivity index (χ0v) is 19.6. The van der Waals surface area contributed by atoms with E-state index in [9.17, 15) is 0 Å². The second kappa shape index (κ2) is 13.0. The molecule has 5 nitrogen and oxygen atoms in total. The van der Waals surface area contributed by atoms with Crippen LogP contribution in [0.25, 0.3) is 0 Å². The minimum absolute atomic E-state index is 0. The first-order valence-corrected chi connectivity index (χ1v) is 9.71. The van der Waals surface area contributed by atoms with Crippen molar-refractivity contribution in [3.8, 4) is 5.75 Å². The fraction of sp³-hybridized carbons (Fsp3) is 0.450. The van der Waals surface area contributed by atoms with Gasteiger partial charge >= 0.3 is 0 Å². The first kappa shape index (κ1) is 23.7. The number of aryl methyl sites for hydroxylation is 1. The molecule has 0 saturated heterocycles. The Balaban J connectivity index is 0.00000364. The fourth-order valence-electron chi connectivity index (χ4n) is 2.50. The molecule has 2 N–H and O–H groups in total.